The summed E-state index contributed by atoms with van der Waals surface area (Å²) in [5.41, 5.74) is 3.69. The van der Waals surface area contributed by atoms with E-state index in [1.807, 2.05) is 26.0 Å². The van der Waals surface area contributed by atoms with E-state index in [0.717, 1.165) is 44.2 Å². The van der Waals surface area contributed by atoms with Gasteiger partial charge in [0.25, 0.3) is 5.70 Å². The van der Waals surface area contributed by atoms with Crippen LogP contribution in [0.15, 0.2) is 99.6 Å². The molecular formula is C63H68N2O20S2. The Morgan fingerprint density at radius 2 is 0.897 bits per heavy atom. The Kier molecular flexibility index (Phi) is 28.8. The van der Waals surface area contributed by atoms with Crippen LogP contribution in [-0.2, 0) is 93.9 Å². The van der Waals surface area contributed by atoms with E-state index in [1.54, 1.807) is 48.5 Å². The van der Waals surface area contributed by atoms with Gasteiger partial charge < -0.3 is 47.4 Å². The fourth-order valence-corrected chi connectivity index (χ4v) is 11.5. The van der Waals surface area contributed by atoms with E-state index in [9.17, 15) is 53.2 Å². The van der Waals surface area contributed by atoms with Crippen molar-refractivity contribution in [2.45, 2.75) is 114 Å². The topological polar surface area (TPSA) is 291 Å². The van der Waals surface area contributed by atoms with Crippen LogP contribution >= 0.6 is 23.5 Å². The molecule has 0 amide bonds. The number of methoxy groups -OCH3 is 1. The fourth-order valence-electron chi connectivity index (χ4n) is 8.86. The number of aryl methyl sites for hydroxylation is 1. The molecule has 0 aromatic heterocycles. The number of rotatable bonds is 27. The van der Waals surface area contributed by atoms with Gasteiger partial charge in [-0.05, 0) is 118 Å². The summed E-state index contributed by atoms with van der Waals surface area (Å²) in [5, 5.41) is 9.33. The van der Waals surface area contributed by atoms with Crippen molar-refractivity contribution in [1.29, 1.82) is 5.26 Å². The van der Waals surface area contributed by atoms with Crippen LogP contribution in [0.3, 0.4) is 0 Å². The summed E-state index contributed by atoms with van der Waals surface area (Å²) < 4.78 is 51.7. The van der Waals surface area contributed by atoms with E-state index in [-0.39, 0.29) is 119 Å². The second-order valence-corrected chi connectivity index (χ2v) is 22.1. The Hall–Kier alpha value is -8.74. The standard InChI is InChI=1S/C37H36N2O10S2.C26H32O10/c1-5-30(40)46-18-19-47-32(42)15-14-31(41)45-17-16-24-6-12-27(13-7-24)48-35(43)25-8-10-26(11-9-25)36(44)49-29-20-22(2)23(3)33-34(29)51-37(50-33)28(21-38)39-4;1-3-22(27)34-16-17-35-24(29)13-12-23(28)33-15-14-18-4-10-21(11-5-18)36-26(31)20-8-6-19(7-9-20)25(30)32-2/h5-7,12-13,20,25-26H,1,8-11,14-19H2,2-3H3;3-5,10-11,19-20H,1,6-9,12-17H2,2H3/b37-28-;. The smallest absolute Gasteiger partial charge is 0.330 e. The first-order valence-electron chi connectivity index (χ1n) is 28.0. The molecule has 2 fully saturated rings. The lowest BCUT2D eigenvalue weighted by Crippen LogP contribution is -2.30. The fraction of sp³-hybridized carbons (Fsp3) is 0.429. The molecule has 2 saturated carbocycles. The predicted molar refractivity (Wildman–Crippen MR) is 312 cm³/mol. The molecule has 0 bridgehead atoms. The first kappa shape index (κ1) is 69.0. The maximum atomic E-state index is 13.2. The number of ether oxygens (including phenoxy) is 10. The third kappa shape index (κ3) is 23.2. The first-order chi connectivity index (χ1) is 41.8. The van der Waals surface area contributed by atoms with Crippen molar-refractivity contribution in [3.05, 3.63) is 124 Å². The zero-order valence-electron chi connectivity index (χ0n) is 48.6. The number of nitriles is 1. The van der Waals surface area contributed by atoms with E-state index in [0.29, 0.717) is 85.7 Å². The number of nitrogens with zero attached hydrogens (tertiary/aromatic N) is 2. The minimum atomic E-state index is -0.622. The van der Waals surface area contributed by atoms with Crippen LogP contribution in [0.25, 0.3) is 4.85 Å². The number of carbonyl (C=O) groups excluding carboxylic acids is 10. The maximum Gasteiger partial charge on any atom is 0.330 e. The Balaban J connectivity index is 0.000000338. The number of thioether (sulfide) groups is 2. The molecule has 3 aliphatic rings. The average Bonchev–Trinajstić information content (AvgIpc) is 2.05. The molecule has 22 nitrogen and oxygen atoms in total. The van der Waals surface area contributed by atoms with Crippen molar-refractivity contribution in [3.8, 4) is 23.3 Å². The minimum absolute atomic E-state index is 0.00899. The highest BCUT2D eigenvalue weighted by atomic mass is 32.2. The Morgan fingerprint density at radius 1 is 0.540 bits per heavy atom. The van der Waals surface area contributed by atoms with Crippen LogP contribution in [0, 0.1) is 55.4 Å². The van der Waals surface area contributed by atoms with Crippen LogP contribution in [0.5, 0.6) is 17.2 Å². The van der Waals surface area contributed by atoms with Gasteiger partial charge in [0.1, 0.15) is 43.7 Å². The van der Waals surface area contributed by atoms with Crippen molar-refractivity contribution in [2.24, 2.45) is 23.7 Å². The van der Waals surface area contributed by atoms with Gasteiger partial charge in [-0.3, -0.25) is 38.4 Å². The van der Waals surface area contributed by atoms with Gasteiger partial charge in [-0.1, -0.05) is 60.9 Å². The molecule has 0 atom stereocenters. The number of fused-ring (bicyclic) bond motifs is 1. The summed E-state index contributed by atoms with van der Waals surface area (Å²) in [4.78, 5) is 124. The quantitative estimate of drug-likeness (QED) is 0.0131. The van der Waals surface area contributed by atoms with Gasteiger partial charge in [0.2, 0.25) is 0 Å². The second-order valence-electron chi connectivity index (χ2n) is 19.8. The number of esters is 10. The molecule has 0 spiro atoms. The van der Waals surface area contributed by atoms with Crippen molar-refractivity contribution < 1.29 is 95.3 Å². The zero-order chi connectivity index (χ0) is 63.3. The summed E-state index contributed by atoms with van der Waals surface area (Å²) >= 11 is 2.62. The van der Waals surface area contributed by atoms with Gasteiger partial charge in [0.05, 0.1) is 91.5 Å². The van der Waals surface area contributed by atoms with Crippen molar-refractivity contribution in [3.63, 3.8) is 0 Å². The summed E-state index contributed by atoms with van der Waals surface area (Å²) in [6.07, 6.45) is 6.59. The Labute approximate surface area is 512 Å². The van der Waals surface area contributed by atoms with Gasteiger partial charge in [-0.2, -0.15) is 0 Å². The number of hydrogen-bond donors (Lipinski definition) is 0. The van der Waals surface area contributed by atoms with Gasteiger partial charge in [0, 0.05) is 29.9 Å². The molecule has 0 unspecified atom stereocenters. The molecule has 0 saturated heterocycles. The number of allylic oxidation sites excluding steroid dienone is 1. The highest BCUT2D eigenvalue weighted by molar-refractivity contribution is 8.24. The highest BCUT2D eigenvalue weighted by Crippen LogP contribution is 2.57. The van der Waals surface area contributed by atoms with Crippen molar-refractivity contribution in [1.82, 2.24) is 0 Å². The van der Waals surface area contributed by atoms with Crippen LogP contribution < -0.4 is 14.2 Å². The number of benzene rings is 3. The third-order valence-electron chi connectivity index (χ3n) is 13.9. The summed E-state index contributed by atoms with van der Waals surface area (Å²) in [5.74, 6) is -4.70. The summed E-state index contributed by atoms with van der Waals surface area (Å²) in [7, 11) is 1.37. The average molecular weight is 1240 g/mol. The highest BCUT2D eigenvalue weighted by Gasteiger charge is 2.35. The van der Waals surface area contributed by atoms with E-state index in [2.05, 4.69) is 22.7 Å². The third-order valence-corrected chi connectivity index (χ3v) is 16.6. The van der Waals surface area contributed by atoms with Gasteiger partial charge >= 0.3 is 59.7 Å². The number of hydrogen-bond acceptors (Lipinski definition) is 23. The molecule has 87 heavy (non-hydrogen) atoms. The molecule has 6 rings (SSSR count). The van der Waals surface area contributed by atoms with Gasteiger partial charge in [0.15, 0.2) is 0 Å². The summed E-state index contributed by atoms with van der Waals surface area (Å²) in [6, 6.07) is 17.5. The lowest BCUT2D eigenvalue weighted by atomic mass is 9.82. The molecule has 1 heterocycles. The molecule has 3 aromatic carbocycles. The zero-order valence-corrected chi connectivity index (χ0v) is 50.2. The normalized spacial score (nSPS) is 17.0. The van der Waals surface area contributed by atoms with E-state index < -0.39 is 35.8 Å². The first-order valence-corrected chi connectivity index (χ1v) is 29.6. The van der Waals surface area contributed by atoms with Crippen LogP contribution in [0.1, 0.15) is 99.3 Å². The molecule has 0 radical (unpaired) electrons. The predicted octanol–water partition coefficient (Wildman–Crippen LogP) is 9.28. The molecular weight excluding hydrogens is 1170 g/mol. The largest absolute Gasteiger partial charge is 0.469 e. The Bertz CT molecular complexity index is 3090. The van der Waals surface area contributed by atoms with Gasteiger partial charge in [-0.25, -0.2) is 19.7 Å². The van der Waals surface area contributed by atoms with Crippen molar-refractivity contribution in [2.75, 3.05) is 46.8 Å². The lowest BCUT2D eigenvalue weighted by molar-refractivity contribution is -0.152. The summed E-state index contributed by atoms with van der Waals surface area (Å²) in [6.45, 7) is 17.5. The lowest BCUT2D eigenvalue weighted by Gasteiger charge is -2.26. The van der Waals surface area contributed by atoms with E-state index in [4.69, 9.17) is 49.2 Å². The SMILES string of the molecule is C=CC(=O)OCCOC(=O)CCC(=O)OCCc1ccc(OC(=O)C2CCC(C(=O)OC)CC2)cc1.[C-]#[N+]/C(C#N)=C1\Sc2c(OC(=O)C3CCC(C(=O)Oc4ccc(CCOC(=O)CCC(=O)OCCOC(=O)C=C)cc4)CC3)cc(C)c(C)c2S1. The van der Waals surface area contributed by atoms with Gasteiger partial charge in [-0.15, -0.1) is 0 Å². The molecule has 3 aromatic rings. The molecule has 2 aliphatic carbocycles. The monoisotopic (exact) mass is 1240 g/mol. The van der Waals surface area contributed by atoms with Crippen LogP contribution in [0.2, 0.25) is 0 Å². The maximum absolute atomic E-state index is 13.2. The minimum Gasteiger partial charge on any atom is -0.469 e. The molecule has 1 aliphatic heterocycles. The van der Waals surface area contributed by atoms with Crippen LogP contribution in [0.4, 0.5) is 0 Å². The van der Waals surface area contributed by atoms with E-state index in [1.165, 1.54) is 30.6 Å². The van der Waals surface area contributed by atoms with E-state index >= 15 is 0 Å². The number of carbonyl (C=O) groups is 10. The molecule has 0 N–H and O–H groups in total. The Morgan fingerprint density at radius 3 is 1.26 bits per heavy atom. The molecule has 24 heteroatoms. The molecule has 462 valence electrons. The second kappa shape index (κ2) is 36.3. The van der Waals surface area contributed by atoms with Crippen LogP contribution in [-0.4, -0.2) is 106 Å². The van der Waals surface area contributed by atoms with Crippen molar-refractivity contribution >= 4 is 83.2 Å².